The van der Waals surface area contributed by atoms with Gasteiger partial charge >= 0.3 is 0 Å². The van der Waals surface area contributed by atoms with Gasteiger partial charge < -0.3 is 11.1 Å². The average Bonchev–Trinajstić information content (AvgIpc) is 2.89. The first kappa shape index (κ1) is 8.51. The summed E-state index contributed by atoms with van der Waals surface area (Å²) in [5.41, 5.74) is 6.80. The zero-order valence-corrected chi connectivity index (χ0v) is 7.83. The van der Waals surface area contributed by atoms with Gasteiger partial charge in [-0.25, -0.2) is 4.98 Å². The molecule has 0 bridgehead atoms. The monoisotopic (exact) mass is 177 g/mol. The molecule has 1 atom stereocenters. The van der Waals surface area contributed by atoms with E-state index in [0.29, 0.717) is 6.04 Å². The minimum Gasteiger partial charge on any atom is -0.367 e. The number of aromatic nitrogens is 1. The number of anilines is 1. The van der Waals surface area contributed by atoms with Crippen LogP contribution in [0.4, 0.5) is 5.82 Å². The van der Waals surface area contributed by atoms with Crippen LogP contribution in [-0.2, 0) is 0 Å². The third-order valence-corrected chi connectivity index (χ3v) is 2.24. The standard InChI is InChI=1S/C10H15N3/c1-7(11)8-2-5-10(12-6-8)13-9-3-4-9/h2,5-7,9H,3-4,11H2,1H3,(H,12,13). The molecule has 3 heteroatoms. The van der Waals surface area contributed by atoms with Crippen LogP contribution in [0.5, 0.6) is 0 Å². The Morgan fingerprint density at radius 2 is 2.31 bits per heavy atom. The minimum absolute atomic E-state index is 0.0717. The lowest BCUT2D eigenvalue weighted by molar-refractivity contribution is 0.811. The van der Waals surface area contributed by atoms with Gasteiger partial charge in [-0.2, -0.15) is 0 Å². The molecule has 1 fully saturated rings. The molecule has 1 heterocycles. The average molecular weight is 177 g/mol. The van der Waals surface area contributed by atoms with Crippen molar-refractivity contribution < 1.29 is 0 Å². The summed E-state index contributed by atoms with van der Waals surface area (Å²) in [6, 6.07) is 4.76. The maximum absolute atomic E-state index is 5.72. The molecule has 1 aliphatic rings. The molecule has 1 aromatic rings. The Balaban J connectivity index is 2.04. The molecule has 0 aromatic carbocycles. The molecule has 70 valence electrons. The Labute approximate surface area is 78.4 Å². The molecular formula is C10H15N3. The number of nitrogens with zero attached hydrogens (tertiary/aromatic N) is 1. The summed E-state index contributed by atoms with van der Waals surface area (Å²) < 4.78 is 0. The fourth-order valence-electron chi connectivity index (χ4n) is 1.20. The fourth-order valence-corrected chi connectivity index (χ4v) is 1.20. The van der Waals surface area contributed by atoms with E-state index in [1.165, 1.54) is 12.8 Å². The Morgan fingerprint density at radius 3 is 2.77 bits per heavy atom. The van der Waals surface area contributed by atoms with E-state index in [2.05, 4.69) is 10.3 Å². The van der Waals surface area contributed by atoms with Gasteiger partial charge in [0.1, 0.15) is 5.82 Å². The summed E-state index contributed by atoms with van der Waals surface area (Å²) in [6.45, 7) is 1.96. The summed E-state index contributed by atoms with van der Waals surface area (Å²) in [4.78, 5) is 4.29. The fraction of sp³-hybridized carbons (Fsp3) is 0.500. The highest BCUT2D eigenvalue weighted by molar-refractivity contribution is 5.38. The number of nitrogens with one attached hydrogen (secondary N) is 1. The first-order chi connectivity index (χ1) is 6.25. The predicted molar refractivity (Wildman–Crippen MR) is 53.5 cm³/mol. The molecule has 2 rings (SSSR count). The van der Waals surface area contributed by atoms with E-state index in [1.807, 2.05) is 25.3 Å². The third-order valence-electron chi connectivity index (χ3n) is 2.24. The van der Waals surface area contributed by atoms with Crippen LogP contribution in [-0.4, -0.2) is 11.0 Å². The summed E-state index contributed by atoms with van der Waals surface area (Å²) in [7, 11) is 0. The number of nitrogens with two attached hydrogens (primary N) is 1. The van der Waals surface area contributed by atoms with Crippen LogP contribution in [0.1, 0.15) is 31.4 Å². The quantitative estimate of drug-likeness (QED) is 0.738. The predicted octanol–water partition coefficient (Wildman–Crippen LogP) is 1.68. The first-order valence-electron chi connectivity index (χ1n) is 4.74. The third kappa shape index (κ3) is 2.18. The highest BCUT2D eigenvalue weighted by Gasteiger charge is 2.20. The molecule has 3 N–H and O–H groups in total. The Bertz CT molecular complexity index is 275. The molecule has 1 aliphatic carbocycles. The zero-order chi connectivity index (χ0) is 9.26. The summed E-state index contributed by atoms with van der Waals surface area (Å²) in [5.74, 6) is 0.965. The van der Waals surface area contributed by atoms with Crippen molar-refractivity contribution in [2.75, 3.05) is 5.32 Å². The molecule has 1 aromatic heterocycles. The van der Waals surface area contributed by atoms with Gasteiger partial charge in [0.15, 0.2) is 0 Å². The van der Waals surface area contributed by atoms with E-state index in [9.17, 15) is 0 Å². The van der Waals surface area contributed by atoms with Crippen molar-refractivity contribution in [3.8, 4) is 0 Å². The summed E-state index contributed by atoms with van der Waals surface area (Å²) in [5, 5.41) is 3.33. The molecule has 13 heavy (non-hydrogen) atoms. The van der Waals surface area contributed by atoms with Crippen LogP contribution in [0.3, 0.4) is 0 Å². The van der Waals surface area contributed by atoms with Gasteiger partial charge in [0.05, 0.1) is 0 Å². The molecule has 0 radical (unpaired) electrons. The van der Waals surface area contributed by atoms with Crippen LogP contribution < -0.4 is 11.1 Å². The number of hydrogen-bond acceptors (Lipinski definition) is 3. The van der Waals surface area contributed by atoms with E-state index >= 15 is 0 Å². The molecule has 3 nitrogen and oxygen atoms in total. The van der Waals surface area contributed by atoms with E-state index in [1.54, 1.807) is 0 Å². The maximum Gasteiger partial charge on any atom is 0.126 e. The molecule has 1 unspecified atom stereocenters. The minimum atomic E-state index is 0.0717. The Kier molecular flexibility index (Phi) is 2.19. The SMILES string of the molecule is CC(N)c1ccc(NC2CC2)nc1. The number of hydrogen-bond donors (Lipinski definition) is 2. The topological polar surface area (TPSA) is 50.9 Å². The van der Waals surface area contributed by atoms with Gasteiger partial charge in [-0.15, -0.1) is 0 Å². The second-order valence-electron chi connectivity index (χ2n) is 3.68. The number of rotatable bonds is 3. The van der Waals surface area contributed by atoms with Crippen molar-refractivity contribution >= 4 is 5.82 Å². The van der Waals surface area contributed by atoms with Crippen LogP contribution in [0.2, 0.25) is 0 Å². The second-order valence-corrected chi connectivity index (χ2v) is 3.68. The van der Waals surface area contributed by atoms with E-state index in [-0.39, 0.29) is 6.04 Å². The normalized spacial score (nSPS) is 18.3. The van der Waals surface area contributed by atoms with E-state index < -0.39 is 0 Å². The highest BCUT2D eigenvalue weighted by Crippen LogP contribution is 2.23. The molecule has 0 spiro atoms. The molecule has 0 saturated heterocycles. The lowest BCUT2D eigenvalue weighted by Crippen LogP contribution is -2.07. The van der Waals surface area contributed by atoms with E-state index in [4.69, 9.17) is 5.73 Å². The molecule has 0 aliphatic heterocycles. The van der Waals surface area contributed by atoms with Crippen molar-refractivity contribution in [2.45, 2.75) is 31.8 Å². The van der Waals surface area contributed by atoms with Gasteiger partial charge in [-0.05, 0) is 31.4 Å². The van der Waals surface area contributed by atoms with Gasteiger partial charge in [0.2, 0.25) is 0 Å². The van der Waals surface area contributed by atoms with Gasteiger partial charge in [0.25, 0.3) is 0 Å². The van der Waals surface area contributed by atoms with Crippen molar-refractivity contribution in [3.05, 3.63) is 23.9 Å². The highest BCUT2D eigenvalue weighted by atomic mass is 15.0. The summed E-state index contributed by atoms with van der Waals surface area (Å²) in [6.07, 6.45) is 4.39. The van der Waals surface area contributed by atoms with Gasteiger partial charge in [0, 0.05) is 18.3 Å². The second kappa shape index (κ2) is 3.34. The first-order valence-corrected chi connectivity index (χ1v) is 4.74. The van der Waals surface area contributed by atoms with Crippen molar-refractivity contribution in [3.63, 3.8) is 0 Å². The van der Waals surface area contributed by atoms with Gasteiger partial charge in [-0.3, -0.25) is 0 Å². The molecular weight excluding hydrogens is 162 g/mol. The lowest BCUT2D eigenvalue weighted by atomic mass is 10.1. The maximum atomic E-state index is 5.72. The molecule has 0 amide bonds. The van der Waals surface area contributed by atoms with Gasteiger partial charge in [-0.1, -0.05) is 6.07 Å². The Morgan fingerprint density at radius 1 is 1.54 bits per heavy atom. The molecule has 1 saturated carbocycles. The Hall–Kier alpha value is -1.09. The smallest absolute Gasteiger partial charge is 0.126 e. The largest absolute Gasteiger partial charge is 0.367 e. The van der Waals surface area contributed by atoms with Crippen LogP contribution >= 0.6 is 0 Å². The van der Waals surface area contributed by atoms with Crippen LogP contribution in [0, 0.1) is 0 Å². The lowest BCUT2D eigenvalue weighted by Gasteiger charge is -2.06. The van der Waals surface area contributed by atoms with Crippen molar-refractivity contribution in [2.24, 2.45) is 5.73 Å². The number of pyridine rings is 1. The summed E-state index contributed by atoms with van der Waals surface area (Å²) >= 11 is 0. The van der Waals surface area contributed by atoms with Crippen LogP contribution in [0.25, 0.3) is 0 Å². The van der Waals surface area contributed by atoms with Crippen LogP contribution in [0.15, 0.2) is 18.3 Å². The van der Waals surface area contributed by atoms with Crippen molar-refractivity contribution in [1.82, 2.24) is 4.98 Å². The van der Waals surface area contributed by atoms with Crippen molar-refractivity contribution in [1.29, 1.82) is 0 Å². The zero-order valence-electron chi connectivity index (χ0n) is 7.83. The van der Waals surface area contributed by atoms with E-state index in [0.717, 1.165) is 11.4 Å².